The van der Waals surface area contributed by atoms with Crippen molar-refractivity contribution in [3.8, 4) is 5.75 Å². The Labute approximate surface area is 116 Å². The van der Waals surface area contributed by atoms with E-state index >= 15 is 0 Å². The Bertz CT molecular complexity index is 589. The van der Waals surface area contributed by atoms with Gasteiger partial charge in [-0.2, -0.15) is 0 Å². The van der Waals surface area contributed by atoms with Crippen LogP contribution in [0.1, 0.15) is 33.2 Å². The molecule has 2 aromatic rings. The van der Waals surface area contributed by atoms with E-state index in [1.54, 1.807) is 36.4 Å². The Hall–Kier alpha value is -2.62. The minimum Gasteiger partial charge on any atom is -0.488 e. The van der Waals surface area contributed by atoms with Crippen LogP contribution in [0, 0.1) is 0 Å². The van der Waals surface area contributed by atoms with Crippen molar-refractivity contribution in [1.29, 1.82) is 0 Å². The van der Waals surface area contributed by atoms with Crippen molar-refractivity contribution in [2.24, 2.45) is 0 Å². The Morgan fingerprint density at radius 2 is 1.60 bits per heavy atom. The van der Waals surface area contributed by atoms with Crippen LogP contribution in [0.3, 0.4) is 0 Å². The van der Waals surface area contributed by atoms with Gasteiger partial charge in [-0.05, 0) is 19.1 Å². The predicted octanol–water partition coefficient (Wildman–Crippen LogP) is 3.17. The van der Waals surface area contributed by atoms with Gasteiger partial charge in [0.25, 0.3) is 0 Å². The number of benzene rings is 2. The molecule has 2 rings (SSSR count). The van der Waals surface area contributed by atoms with E-state index in [2.05, 4.69) is 0 Å². The zero-order valence-electron chi connectivity index (χ0n) is 11.0. The Kier molecular flexibility index (Phi) is 4.15. The number of Topliss-reactive ketones (excluding diaryl/α,β-unsaturated/α-hetero) is 1. The van der Waals surface area contributed by atoms with E-state index in [0.29, 0.717) is 11.3 Å². The van der Waals surface area contributed by atoms with Crippen molar-refractivity contribution in [3.05, 3.63) is 65.2 Å². The second-order valence-electron chi connectivity index (χ2n) is 4.30. The fourth-order valence-corrected chi connectivity index (χ4v) is 1.91. The summed E-state index contributed by atoms with van der Waals surface area (Å²) in [6, 6.07) is 13.5. The van der Waals surface area contributed by atoms with Crippen LogP contribution in [0.25, 0.3) is 0 Å². The molecule has 4 nitrogen and oxygen atoms in total. The highest BCUT2D eigenvalue weighted by Gasteiger charge is 2.12. The SMILES string of the molecule is CC(=O)c1ccccc1COc1ccccc1C(=O)O. The molecule has 1 N–H and O–H groups in total. The summed E-state index contributed by atoms with van der Waals surface area (Å²) in [5.41, 5.74) is 1.42. The summed E-state index contributed by atoms with van der Waals surface area (Å²) in [6.07, 6.45) is 0. The molecule has 2 aromatic carbocycles. The minimum absolute atomic E-state index is 0.0456. The van der Waals surface area contributed by atoms with Gasteiger partial charge in [-0.25, -0.2) is 4.79 Å². The van der Waals surface area contributed by atoms with Crippen LogP contribution in [0.15, 0.2) is 48.5 Å². The highest BCUT2D eigenvalue weighted by Crippen LogP contribution is 2.20. The molecule has 0 atom stereocenters. The van der Waals surface area contributed by atoms with E-state index in [1.807, 2.05) is 6.07 Å². The molecule has 4 heteroatoms. The van der Waals surface area contributed by atoms with E-state index in [0.717, 1.165) is 5.56 Å². The zero-order valence-corrected chi connectivity index (χ0v) is 11.0. The topological polar surface area (TPSA) is 63.6 Å². The molecular formula is C16H14O4. The van der Waals surface area contributed by atoms with E-state index in [4.69, 9.17) is 9.84 Å². The third kappa shape index (κ3) is 3.03. The predicted molar refractivity (Wildman–Crippen MR) is 74.2 cm³/mol. The number of ether oxygens (including phenoxy) is 1. The van der Waals surface area contributed by atoms with Crippen LogP contribution >= 0.6 is 0 Å². The number of ketones is 1. The van der Waals surface area contributed by atoms with Gasteiger partial charge in [0.15, 0.2) is 5.78 Å². The molecule has 0 saturated carbocycles. The number of aromatic carboxylic acids is 1. The largest absolute Gasteiger partial charge is 0.488 e. The first-order chi connectivity index (χ1) is 9.59. The normalized spacial score (nSPS) is 10.1. The first-order valence-corrected chi connectivity index (χ1v) is 6.13. The summed E-state index contributed by atoms with van der Waals surface area (Å²) in [4.78, 5) is 22.6. The van der Waals surface area contributed by atoms with Gasteiger partial charge in [0.1, 0.15) is 17.9 Å². The molecule has 0 bridgehead atoms. The molecule has 0 aliphatic carbocycles. The summed E-state index contributed by atoms with van der Waals surface area (Å²) in [5.74, 6) is -0.797. The van der Waals surface area contributed by atoms with Crippen LogP contribution in [0.5, 0.6) is 5.75 Å². The van der Waals surface area contributed by atoms with Gasteiger partial charge in [-0.15, -0.1) is 0 Å². The average Bonchev–Trinajstić information content (AvgIpc) is 2.45. The molecule has 0 spiro atoms. The molecule has 0 radical (unpaired) electrons. The van der Waals surface area contributed by atoms with Gasteiger partial charge in [-0.3, -0.25) is 4.79 Å². The third-order valence-electron chi connectivity index (χ3n) is 2.90. The second kappa shape index (κ2) is 6.02. The number of hydrogen-bond donors (Lipinski definition) is 1. The number of carbonyl (C=O) groups excluding carboxylic acids is 1. The number of rotatable bonds is 5. The van der Waals surface area contributed by atoms with Crippen molar-refractivity contribution in [2.45, 2.75) is 13.5 Å². The van der Waals surface area contributed by atoms with Gasteiger partial charge >= 0.3 is 5.97 Å². The van der Waals surface area contributed by atoms with Crippen molar-refractivity contribution < 1.29 is 19.4 Å². The number of carbonyl (C=O) groups is 2. The highest BCUT2D eigenvalue weighted by molar-refractivity contribution is 5.95. The maximum atomic E-state index is 11.5. The average molecular weight is 270 g/mol. The van der Waals surface area contributed by atoms with Crippen molar-refractivity contribution in [1.82, 2.24) is 0 Å². The lowest BCUT2D eigenvalue weighted by Crippen LogP contribution is -2.06. The Balaban J connectivity index is 2.22. The summed E-state index contributed by atoms with van der Waals surface area (Å²) < 4.78 is 5.54. The van der Waals surface area contributed by atoms with Crippen molar-refractivity contribution >= 4 is 11.8 Å². The van der Waals surface area contributed by atoms with Gasteiger partial charge in [-0.1, -0.05) is 36.4 Å². The first kappa shape index (κ1) is 13.8. The van der Waals surface area contributed by atoms with Crippen LogP contribution < -0.4 is 4.74 Å². The molecule has 0 fully saturated rings. The van der Waals surface area contributed by atoms with E-state index < -0.39 is 5.97 Å². The highest BCUT2D eigenvalue weighted by atomic mass is 16.5. The molecule has 102 valence electrons. The summed E-state index contributed by atoms with van der Waals surface area (Å²) in [5, 5.41) is 9.07. The number of hydrogen-bond acceptors (Lipinski definition) is 3. The Morgan fingerprint density at radius 1 is 1.00 bits per heavy atom. The molecule has 20 heavy (non-hydrogen) atoms. The molecule has 0 aromatic heterocycles. The molecule has 0 aliphatic rings. The molecule has 0 heterocycles. The summed E-state index contributed by atoms with van der Waals surface area (Å²) in [6.45, 7) is 1.64. The van der Waals surface area contributed by atoms with Crippen LogP contribution in [0.4, 0.5) is 0 Å². The maximum absolute atomic E-state index is 11.5. The summed E-state index contributed by atoms with van der Waals surface area (Å²) in [7, 11) is 0. The number of carboxylic acids is 1. The first-order valence-electron chi connectivity index (χ1n) is 6.13. The van der Waals surface area contributed by atoms with E-state index in [9.17, 15) is 9.59 Å². The van der Waals surface area contributed by atoms with Gasteiger partial charge in [0, 0.05) is 11.1 Å². The van der Waals surface area contributed by atoms with Crippen LogP contribution in [-0.2, 0) is 6.61 Å². The third-order valence-corrected chi connectivity index (χ3v) is 2.90. The molecular weight excluding hydrogens is 256 g/mol. The van der Waals surface area contributed by atoms with Crippen LogP contribution in [0.2, 0.25) is 0 Å². The molecule has 0 aliphatic heterocycles. The summed E-state index contributed by atoms with van der Waals surface area (Å²) >= 11 is 0. The van der Waals surface area contributed by atoms with Crippen molar-refractivity contribution in [3.63, 3.8) is 0 Å². The van der Waals surface area contributed by atoms with Gasteiger partial charge in [0.2, 0.25) is 0 Å². The smallest absolute Gasteiger partial charge is 0.339 e. The zero-order chi connectivity index (χ0) is 14.5. The monoisotopic (exact) mass is 270 g/mol. The minimum atomic E-state index is -1.04. The van der Waals surface area contributed by atoms with E-state index in [1.165, 1.54) is 13.0 Å². The standard InChI is InChI=1S/C16H14O4/c1-11(17)13-7-3-2-6-12(13)10-20-15-9-5-4-8-14(15)16(18)19/h2-9H,10H2,1H3,(H,18,19). The molecule has 0 saturated heterocycles. The van der Waals surface area contributed by atoms with E-state index in [-0.39, 0.29) is 18.0 Å². The quantitative estimate of drug-likeness (QED) is 0.847. The molecule has 0 amide bonds. The van der Waals surface area contributed by atoms with Crippen LogP contribution in [-0.4, -0.2) is 16.9 Å². The van der Waals surface area contributed by atoms with Crippen molar-refractivity contribution in [2.75, 3.05) is 0 Å². The Morgan fingerprint density at radius 3 is 2.25 bits per heavy atom. The number of carboxylic acid groups (broad SMARTS) is 1. The lowest BCUT2D eigenvalue weighted by atomic mass is 10.1. The lowest BCUT2D eigenvalue weighted by molar-refractivity contribution is 0.0691. The molecule has 0 unspecified atom stereocenters. The fraction of sp³-hybridized carbons (Fsp3) is 0.125. The number of para-hydroxylation sites is 1. The lowest BCUT2D eigenvalue weighted by Gasteiger charge is -2.11. The maximum Gasteiger partial charge on any atom is 0.339 e. The van der Waals surface area contributed by atoms with Gasteiger partial charge in [0.05, 0.1) is 0 Å². The fourth-order valence-electron chi connectivity index (χ4n) is 1.91. The van der Waals surface area contributed by atoms with Gasteiger partial charge < -0.3 is 9.84 Å². The second-order valence-corrected chi connectivity index (χ2v) is 4.30.